The van der Waals surface area contributed by atoms with E-state index in [-0.39, 0.29) is 5.97 Å². The monoisotopic (exact) mass is 348 g/mol. The maximum absolute atomic E-state index is 11.2. The van der Waals surface area contributed by atoms with E-state index in [2.05, 4.69) is 42.7 Å². The van der Waals surface area contributed by atoms with Gasteiger partial charge in [-0.1, -0.05) is 44.0 Å². The van der Waals surface area contributed by atoms with Crippen molar-refractivity contribution in [3.05, 3.63) is 33.8 Å². The summed E-state index contributed by atoms with van der Waals surface area (Å²) in [5.41, 5.74) is 2.24. The molecular weight excluding hydrogens is 336 g/mol. The van der Waals surface area contributed by atoms with E-state index < -0.39 is 0 Å². The van der Waals surface area contributed by atoms with Crippen LogP contribution in [-0.4, -0.2) is 18.4 Å². The summed E-state index contributed by atoms with van der Waals surface area (Å²) in [6.45, 7) is 0. The summed E-state index contributed by atoms with van der Waals surface area (Å²) < 4.78 is 5.75. The molecule has 0 aliphatic carbocycles. The van der Waals surface area contributed by atoms with Crippen molar-refractivity contribution in [1.82, 2.24) is 0 Å². The highest BCUT2D eigenvalue weighted by Gasteiger charge is 2.06. The topological polar surface area (TPSA) is 26.3 Å². The first kappa shape index (κ1) is 13.7. The van der Waals surface area contributed by atoms with Crippen LogP contribution in [0.25, 0.3) is 0 Å². The Morgan fingerprint density at radius 1 is 1.44 bits per heavy atom. The number of carbonyl (C=O) groups excluding carboxylic acids is 1. The van der Waals surface area contributed by atoms with Gasteiger partial charge in [-0.3, -0.25) is 4.79 Å². The van der Waals surface area contributed by atoms with Gasteiger partial charge in [-0.2, -0.15) is 0 Å². The number of rotatable bonds is 5. The molecule has 0 heterocycles. The first-order chi connectivity index (χ1) is 7.67. The number of esters is 1. The van der Waals surface area contributed by atoms with Crippen LogP contribution in [0.4, 0.5) is 0 Å². The lowest BCUT2D eigenvalue weighted by Crippen LogP contribution is -2.05. The van der Waals surface area contributed by atoms with Crippen LogP contribution in [0.1, 0.15) is 17.5 Å². The Labute approximate surface area is 113 Å². The molecule has 0 aliphatic rings. The maximum atomic E-state index is 11.2. The summed E-state index contributed by atoms with van der Waals surface area (Å²) in [5.74, 6) is -0.200. The molecule has 0 saturated heterocycles. The number of hydrogen-bond donors (Lipinski definition) is 0. The van der Waals surface area contributed by atoms with E-state index in [1.54, 1.807) is 0 Å². The third kappa shape index (κ3) is 4.26. The minimum Gasteiger partial charge on any atom is -0.469 e. The molecule has 2 nitrogen and oxygen atoms in total. The molecular formula is C12H14Br2O2. The van der Waals surface area contributed by atoms with Crippen LogP contribution in [0.3, 0.4) is 0 Å². The summed E-state index contributed by atoms with van der Waals surface area (Å²) in [4.78, 5) is 11.2. The standard InChI is InChI=1S/C12H14Br2O2/c1-16-12(15)8-9-4-5-11(14)10(7-9)3-2-6-13/h4-5,7H,2-3,6,8H2,1H3. The number of methoxy groups -OCH3 is 1. The molecule has 0 spiro atoms. The second-order valence-corrected chi connectivity index (χ2v) is 5.12. The van der Waals surface area contributed by atoms with Crippen LogP contribution >= 0.6 is 31.9 Å². The summed E-state index contributed by atoms with van der Waals surface area (Å²) >= 11 is 6.92. The minimum atomic E-state index is -0.200. The molecule has 1 aromatic rings. The van der Waals surface area contributed by atoms with Gasteiger partial charge >= 0.3 is 5.97 Å². The van der Waals surface area contributed by atoms with Crippen molar-refractivity contribution >= 4 is 37.8 Å². The smallest absolute Gasteiger partial charge is 0.309 e. The van der Waals surface area contributed by atoms with Crippen molar-refractivity contribution in [2.75, 3.05) is 12.4 Å². The van der Waals surface area contributed by atoms with Gasteiger partial charge in [-0.15, -0.1) is 0 Å². The molecule has 0 atom stereocenters. The Balaban J connectivity index is 2.76. The van der Waals surface area contributed by atoms with Crippen LogP contribution < -0.4 is 0 Å². The Kier molecular flexibility index (Phi) is 6.06. The van der Waals surface area contributed by atoms with Crippen molar-refractivity contribution in [1.29, 1.82) is 0 Å². The van der Waals surface area contributed by atoms with E-state index in [9.17, 15) is 4.79 Å². The number of ether oxygens (including phenoxy) is 1. The van der Waals surface area contributed by atoms with Gasteiger partial charge < -0.3 is 4.74 Å². The molecule has 0 N–H and O–H groups in total. The van der Waals surface area contributed by atoms with Crippen LogP contribution in [0.15, 0.2) is 22.7 Å². The van der Waals surface area contributed by atoms with Gasteiger partial charge in [0.2, 0.25) is 0 Å². The van der Waals surface area contributed by atoms with Crippen LogP contribution in [0, 0.1) is 0 Å². The lowest BCUT2D eigenvalue weighted by Gasteiger charge is -2.06. The molecule has 0 saturated carbocycles. The Bertz CT molecular complexity index is 364. The molecule has 1 rings (SSSR count). The van der Waals surface area contributed by atoms with E-state index in [1.807, 2.05) is 12.1 Å². The number of aryl methyl sites for hydroxylation is 1. The first-order valence-electron chi connectivity index (χ1n) is 5.07. The average molecular weight is 350 g/mol. The van der Waals surface area contributed by atoms with E-state index in [0.717, 1.165) is 28.2 Å². The van der Waals surface area contributed by atoms with Gasteiger partial charge in [0, 0.05) is 9.80 Å². The second-order valence-electron chi connectivity index (χ2n) is 3.47. The Morgan fingerprint density at radius 2 is 2.19 bits per heavy atom. The van der Waals surface area contributed by atoms with E-state index in [0.29, 0.717) is 6.42 Å². The third-order valence-electron chi connectivity index (χ3n) is 2.27. The molecule has 4 heteroatoms. The summed E-state index contributed by atoms with van der Waals surface area (Å²) in [6.07, 6.45) is 2.42. The minimum absolute atomic E-state index is 0.200. The first-order valence-corrected chi connectivity index (χ1v) is 6.99. The van der Waals surface area contributed by atoms with Crippen LogP contribution in [0.2, 0.25) is 0 Å². The molecule has 16 heavy (non-hydrogen) atoms. The van der Waals surface area contributed by atoms with E-state index in [1.165, 1.54) is 12.7 Å². The van der Waals surface area contributed by atoms with Crippen LogP contribution in [-0.2, 0) is 22.4 Å². The molecule has 88 valence electrons. The molecule has 0 bridgehead atoms. The Hall–Kier alpha value is -0.350. The number of hydrogen-bond acceptors (Lipinski definition) is 2. The van der Waals surface area contributed by atoms with Crippen molar-refractivity contribution < 1.29 is 9.53 Å². The fraction of sp³-hybridized carbons (Fsp3) is 0.417. The van der Waals surface area contributed by atoms with Crippen molar-refractivity contribution in [2.45, 2.75) is 19.3 Å². The highest BCUT2D eigenvalue weighted by molar-refractivity contribution is 9.10. The van der Waals surface area contributed by atoms with Crippen LogP contribution in [0.5, 0.6) is 0 Å². The van der Waals surface area contributed by atoms with Gasteiger partial charge in [0.1, 0.15) is 0 Å². The maximum Gasteiger partial charge on any atom is 0.309 e. The quantitative estimate of drug-likeness (QED) is 0.600. The normalized spacial score (nSPS) is 10.2. The van der Waals surface area contributed by atoms with Crippen molar-refractivity contribution in [3.8, 4) is 0 Å². The average Bonchev–Trinajstić information content (AvgIpc) is 2.29. The van der Waals surface area contributed by atoms with Crippen molar-refractivity contribution in [3.63, 3.8) is 0 Å². The van der Waals surface area contributed by atoms with E-state index >= 15 is 0 Å². The molecule has 0 fully saturated rings. The van der Waals surface area contributed by atoms with Gasteiger partial charge in [-0.05, 0) is 30.0 Å². The summed E-state index contributed by atoms with van der Waals surface area (Å²) in [6, 6.07) is 5.99. The lowest BCUT2D eigenvalue weighted by atomic mass is 10.1. The molecule has 1 aromatic carbocycles. The number of benzene rings is 1. The molecule has 0 aromatic heterocycles. The van der Waals surface area contributed by atoms with Gasteiger partial charge in [0.25, 0.3) is 0 Å². The largest absolute Gasteiger partial charge is 0.469 e. The number of carbonyl (C=O) groups is 1. The van der Waals surface area contributed by atoms with E-state index in [4.69, 9.17) is 0 Å². The predicted molar refractivity (Wildman–Crippen MR) is 72.0 cm³/mol. The van der Waals surface area contributed by atoms with Crippen molar-refractivity contribution in [2.24, 2.45) is 0 Å². The second kappa shape index (κ2) is 7.07. The molecule has 0 radical (unpaired) electrons. The zero-order valence-electron chi connectivity index (χ0n) is 9.13. The Morgan fingerprint density at radius 3 is 2.81 bits per heavy atom. The summed E-state index contributed by atoms with van der Waals surface area (Å²) in [7, 11) is 1.41. The third-order valence-corrected chi connectivity index (χ3v) is 3.60. The zero-order chi connectivity index (χ0) is 12.0. The van der Waals surface area contributed by atoms with Gasteiger partial charge in [-0.25, -0.2) is 0 Å². The fourth-order valence-corrected chi connectivity index (χ4v) is 2.15. The number of alkyl halides is 1. The lowest BCUT2D eigenvalue weighted by molar-refractivity contribution is -0.139. The highest BCUT2D eigenvalue weighted by atomic mass is 79.9. The van der Waals surface area contributed by atoms with Gasteiger partial charge in [0.15, 0.2) is 0 Å². The molecule has 0 unspecified atom stereocenters. The highest BCUT2D eigenvalue weighted by Crippen LogP contribution is 2.20. The predicted octanol–water partition coefficient (Wildman–Crippen LogP) is 3.49. The summed E-state index contributed by atoms with van der Waals surface area (Å²) in [5, 5.41) is 0.987. The fourth-order valence-electron chi connectivity index (χ4n) is 1.43. The van der Waals surface area contributed by atoms with Gasteiger partial charge in [0.05, 0.1) is 13.5 Å². The molecule has 0 amide bonds. The molecule has 0 aliphatic heterocycles. The SMILES string of the molecule is COC(=O)Cc1ccc(Br)c(CCCBr)c1. The number of halogens is 2. The zero-order valence-corrected chi connectivity index (χ0v) is 12.3.